The molecular weight excluding hydrogens is 308 g/mol. The van der Waals surface area contributed by atoms with E-state index in [1.54, 1.807) is 0 Å². The second kappa shape index (κ2) is 5.77. The smallest absolute Gasteiger partial charge is 0.242 e. The summed E-state index contributed by atoms with van der Waals surface area (Å²) in [6, 6.07) is 8.90. The molecule has 0 unspecified atom stereocenters. The van der Waals surface area contributed by atoms with Gasteiger partial charge in [0, 0.05) is 17.8 Å². The Kier molecular flexibility index (Phi) is 4.07. The third-order valence-corrected chi connectivity index (χ3v) is 4.46. The first-order valence-electron chi connectivity index (χ1n) is 7.95. The van der Waals surface area contributed by atoms with E-state index in [9.17, 15) is 0 Å². The van der Waals surface area contributed by atoms with Crippen molar-refractivity contribution in [2.75, 3.05) is 6.67 Å². The quantitative estimate of drug-likeness (QED) is 0.812. The minimum atomic E-state index is 0.139. The van der Waals surface area contributed by atoms with Gasteiger partial charge >= 0.3 is 0 Å². The van der Waals surface area contributed by atoms with Crippen LogP contribution in [0.3, 0.4) is 0 Å². The SMILES string of the molecule is CC(C)N1CN=C2N=C(Cl)C(c3ccc(C(C)(C)C)cc3)=CN21. The lowest BCUT2D eigenvalue weighted by Gasteiger charge is -2.31. The van der Waals surface area contributed by atoms with Gasteiger partial charge in [-0.1, -0.05) is 56.6 Å². The molecule has 0 radical (unpaired) electrons. The Labute approximate surface area is 143 Å². The number of hydrazine groups is 1. The number of allylic oxidation sites excluding steroid dienone is 1. The molecule has 0 saturated heterocycles. The molecule has 1 aromatic carbocycles. The molecule has 0 saturated carbocycles. The van der Waals surface area contributed by atoms with Crippen molar-refractivity contribution in [1.29, 1.82) is 0 Å². The van der Waals surface area contributed by atoms with Crippen LogP contribution in [-0.4, -0.2) is 33.9 Å². The Bertz CT molecular complexity index is 693. The molecule has 0 atom stereocenters. The Morgan fingerprint density at radius 1 is 1.13 bits per heavy atom. The van der Waals surface area contributed by atoms with E-state index in [2.05, 4.69) is 73.9 Å². The summed E-state index contributed by atoms with van der Waals surface area (Å²) in [7, 11) is 0. The van der Waals surface area contributed by atoms with Crippen LogP contribution in [0.5, 0.6) is 0 Å². The molecule has 2 heterocycles. The minimum absolute atomic E-state index is 0.139. The van der Waals surface area contributed by atoms with E-state index >= 15 is 0 Å². The van der Waals surface area contributed by atoms with Gasteiger partial charge in [0.25, 0.3) is 0 Å². The van der Waals surface area contributed by atoms with Crippen molar-refractivity contribution >= 4 is 28.3 Å². The van der Waals surface area contributed by atoms with Crippen LogP contribution in [0, 0.1) is 0 Å². The lowest BCUT2D eigenvalue weighted by molar-refractivity contribution is 0.0776. The van der Waals surface area contributed by atoms with Crippen LogP contribution >= 0.6 is 11.6 Å². The highest BCUT2D eigenvalue weighted by Crippen LogP contribution is 2.29. The fourth-order valence-corrected chi connectivity index (χ4v) is 2.92. The summed E-state index contributed by atoms with van der Waals surface area (Å²) in [6.45, 7) is 11.5. The zero-order chi connectivity index (χ0) is 16.8. The largest absolute Gasteiger partial charge is 0.246 e. The summed E-state index contributed by atoms with van der Waals surface area (Å²) in [5.41, 5.74) is 3.44. The zero-order valence-electron chi connectivity index (χ0n) is 14.3. The van der Waals surface area contributed by atoms with E-state index in [0.717, 1.165) is 11.1 Å². The van der Waals surface area contributed by atoms with Crippen LogP contribution in [0.25, 0.3) is 5.57 Å². The highest BCUT2D eigenvalue weighted by molar-refractivity contribution is 6.77. The number of guanidine groups is 1. The van der Waals surface area contributed by atoms with Crippen LogP contribution in [0.4, 0.5) is 0 Å². The van der Waals surface area contributed by atoms with E-state index in [1.165, 1.54) is 5.56 Å². The standard InChI is InChI=1S/C18H23ClN4/c1-12(2)23-11-20-17-21-16(19)15(10-22(17)23)13-6-8-14(9-7-13)18(3,4)5/h6-10,12H,11H2,1-5H3. The maximum absolute atomic E-state index is 6.40. The number of hydrogen-bond acceptors (Lipinski definition) is 4. The zero-order valence-corrected chi connectivity index (χ0v) is 15.1. The molecule has 23 heavy (non-hydrogen) atoms. The molecule has 2 aliphatic heterocycles. The van der Waals surface area contributed by atoms with Gasteiger partial charge in [0.1, 0.15) is 11.8 Å². The molecule has 0 fully saturated rings. The van der Waals surface area contributed by atoms with E-state index in [1.807, 2.05) is 11.2 Å². The predicted molar refractivity (Wildman–Crippen MR) is 97.5 cm³/mol. The molecular formula is C18H23ClN4. The second-order valence-corrected chi connectivity index (χ2v) is 7.61. The van der Waals surface area contributed by atoms with E-state index < -0.39 is 0 Å². The number of fused-ring (bicyclic) bond motifs is 1. The number of nitrogens with zero attached hydrogens (tertiary/aromatic N) is 4. The lowest BCUT2D eigenvalue weighted by atomic mass is 9.86. The third kappa shape index (κ3) is 3.06. The normalized spacial score (nSPS) is 18.7. The molecule has 122 valence electrons. The summed E-state index contributed by atoms with van der Waals surface area (Å²) < 4.78 is 0. The van der Waals surface area contributed by atoms with E-state index in [4.69, 9.17) is 11.6 Å². The van der Waals surface area contributed by atoms with Crippen LogP contribution in [0.2, 0.25) is 0 Å². The van der Waals surface area contributed by atoms with Gasteiger partial charge in [0.2, 0.25) is 5.96 Å². The van der Waals surface area contributed by atoms with Gasteiger partial charge in [-0.25, -0.2) is 10.0 Å². The molecule has 0 amide bonds. The van der Waals surface area contributed by atoms with Gasteiger partial charge in [-0.2, -0.15) is 10.0 Å². The first kappa shape index (κ1) is 16.2. The number of benzene rings is 1. The number of hydrogen-bond donors (Lipinski definition) is 0. The Hall–Kier alpha value is -1.65. The number of rotatable bonds is 2. The van der Waals surface area contributed by atoms with Crippen molar-refractivity contribution in [1.82, 2.24) is 10.0 Å². The molecule has 2 aliphatic rings. The average molecular weight is 331 g/mol. The molecule has 0 bridgehead atoms. The number of aliphatic imine (C=N–C) groups is 2. The van der Waals surface area contributed by atoms with Crippen molar-refractivity contribution < 1.29 is 0 Å². The van der Waals surface area contributed by atoms with Gasteiger partial charge in [-0.05, 0) is 30.4 Å². The third-order valence-electron chi connectivity index (χ3n) is 4.17. The van der Waals surface area contributed by atoms with E-state index in [0.29, 0.717) is 23.8 Å². The van der Waals surface area contributed by atoms with Crippen molar-refractivity contribution in [3.63, 3.8) is 0 Å². The van der Waals surface area contributed by atoms with Crippen LogP contribution in [-0.2, 0) is 5.41 Å². The molecule has 0 N–H and O–H groups in total. The molecule has 1 aromatic rings. The van der Waals surface area contributed by atoms with Crippen LogP contribution in [0.15, 0.2) is 40.5 Å². The molecule has 5 heteroatoms. The minimum Gasteiger partial charge on any atom is -0.246 e. The van der Waals surface area contributed by atoms with Gasteiger partial charge in [0.05, 0.1) is 0 Å². The Morgan fingerprint density at radius 3 is 2.35 bits per heavy atom. The predicted octanol–water partition coefficient (Wildman–Crippen LogP) is 4.23. The highest BCUT2D eigenvalue weighted by atomic mass is 35.5. The number of halogens is 1. The van der Waals surface area contributed by atoms with Crippen LogP contribution < -0.4 is 0 Å². The first-order valence-corrected chi connectivity index (χ1v) is 8.32. The van der Waals surface area contributed by atoms with Crippen molar-refractivity contribution in [3.8, 4) is 0 Å². The molecule has 0 spiro atoms. The van der Waals surface area contributed by atoms with Gasteiger partial charge < -0.3 is 0 Å². The van der Waals surface area contributed by atoms with Crippen LogP contribution in [0.1, 0.15) is 45.7 Å². The molecule has 0 aliphatic carbocycles. The van der Waals surface area contributed by atoms with Gasteiger partial charge in [-0.3, -0.25) is 0 Å². The molecule has 4 nitrogen and oxygen atoms in total. The first-order chi connectivity index (χ1) is 10.8. The summed E-state index contributed by atoms with van der Waals surface area (Å²) in [4.78, 5) is 8.89. The molecule has 0 aromatic heterocycles. The maximum Gasteiger partial charge on any atom is 0.242 e. The van der Waals surface area contributed by atoms with E-state index in [-0.39, 0.29) is 5.41 Å². The fraction of sp³-hybridized carbons (Fsp3) is 0.444. The van der Waals surface area contributed by atoms with Gasteiger partial charge in [-0.15, -0.1) is 0 Å². The summed E-state index contributed by atoms with van der Waals surface area (Å²) in [5, 5.41) is 4.66. The van der Waals surface area contributed by atoms with Crippen molar-refractivity contribution in [3.05, 3.63) is 41.6 Å². The highest BCUT2D eigenvalue weighted by Gasteiger charge is 2.30. The fourth-order valence-electron chi connectivity index (χ4n) is 2.69. The Morgan fingerprint density at radius 2 is 1.78 bits per heavy atom. The summed E-state index contributed by atoms with van der Waals surface area (Å²) in [5.74, 6) is 0.666. The van der Waals surface area contributed by atoms with Crippen molar-refractivity contribution in [2.45, 2.75) is 46.1 Å². The Balaban J connectivity index is 1.94. The van der Waals surface area contributed by atoms with Gasteiger partial charge in [0.15, 0.2) is 0 Å². The second-order valence-electron chi connectivity index (χ2n) is 7.25. The topological polar surface area (TPSA) is 31.2 Å². The average Bonchev–Trinajstić information content (AvgIpc) is 2.88. The monoisotopic (exact) mass is 330 g/mol. The summed E-state index contributed by atoms with van der Waals surface area (Å²) in [6.07, 6.45) is 2.03. The summed E-state index contributed by atoms with van der Waals surface area (Å²) >= 11 is 6.40. The maximum atomic E-state index is 6.40. The molecule has 3 rings (SSSR count). The van der Waals surface area contributed by atoms with Crippen molar-refractivity contribution in [2.24, 2.45) is 9.98 Å². The lowest BCUT2D eigenvalue weighted by Crippen LogP contribution is -2.42.